The summed E-state index contributed by atoms with van der Waals surface area (Å²) in [6.45, 7) is 6.48. The normalized spacial score (nSPS) is 13.6. The molecule has 4 nitrogen and oxygen atoms in total. The summed E-state index contributed by atoms with van der Waals surface area (Å²) in [5.41, 5.74) is 7.05. The Hall–Kier alpha value is -1.55. The lowest BCUT2D eigenvalue weighted by Crippen LogP contribution is -2.39. The molecule has 1 aromatic rings. The first-order valence-corrected chi connectivity index (χ1v) is 7.25. The van der Waals surface area contributed by atoms with Crippen LogP contribution in [-0.2, 0) is 4.79 Å². The average Bonchev–Trinajstić information content (AvgIpc) is 2.38. The third kappa shape index (κ3) is 6.57. The summed E-state index contributed by atoms with van der Waals surface area (Å²) in [7, 11) is 0. The molecule has 0 spiro atoms. The monoisotopic (exact) mass is 278 g/mol. The second kappa shape index (κ2) is 8.59. The van der Waals surface area contributed by atoms with E-state index < -0.39 is 0 Å². The maximum Gasteiger partial charge on any atom is 0.221 e. The van der Waals surface area contributed by atoms with E-state index in [1.807, 2.05) is 38.1 Å². The molecule has 0 aliphatic carbocycles. The van der Waals surface area contributed by atoms with Crippen molar-refractivity contribution in [3.8, 4) is 5.75 Å². The highest BCUT2D eigenvalue weighted by Crippen LogP contribution is 2.11. The Labute approximate surface area is 121 Å². The molecule has 0 aliphatic heterocycles. The first-order chi connectivity index (χ1) is 9.51. The van der Waals surface area contributed by atoms with Gasteiger partial charge in [-0.15, -0.1) is 0 Å². The van der Waals surface area contributed by atoms with Crippen LogP contribution in [0.4, 0.5) is 0 Å². The van der Waals surface area contributed by atoms with Gasteiger partial charge in [0.15, 0.2) is 0 Å². The van der Waals surface area contributed by atoms with Gasteiger partial charge in [-0.3, -0.25) is 4.79 Å². The van der Waals surface area contributed by atoms with Crippen LogP contribution < -0.4 is 15.8 Å². The molecular formula is C16H26N2O2. The maximum atomic E-state index is 11.7. The number of rotatable bonds is 8. The minimum absolute atomic E-state index is 0.00837. The van der Waals surface area contributed by atoms with Crippen molar-refractivity contribution < 1.29 is 9.53 Å². The quantitative estimate of drug-likeness (QED) is 0.767. The number of aryl methyl sites for hydroxylation is 1. The maximum absolute atomic E-state index is 11.7. The smallest absolute Gasteiger partial charge is 0.221 e. The molecule has 0 heterocycles. The van der Waals surface area contributed by atoms with Gasteiger partial charge in [-0.25, -0.2) is 0 Å². The van der Waals surface area contributed by atoms with Gasteiger partial charge in [-0.2, -0.15) is 0 Å². The van der Waals surface area contributed by atoms with Crippen molar-refractivity contribution in [2.75, 3.05) is 6.61 Å². The van der Waals surface area contributed by atoms with Crippen LogP contribution in [0.1, 0.15) is 38.7 Å². The molecule has 0 aromatic heterocycles. The number of ether oxygens (including phenoxy) is 1. The Morgan fingerprint density at radius 3 is 2.60 bits per heavy atom. The van der Waals surface area contributed by atoms with Crippen LogP contribution in [0.5, 0.6) is 5.75 Å². The first-order valence-electron chi connectivity index (χ1n) is 7.25. The van der Waals surface area contributed by atoms with E-state index in [-0.39, 0.29) is 18.0 Å². The van der Waals surface area contributed by atoms with Gasteiger partial charge in [0.25, 0.3) is 0 Å². The molecule has 112 valence electrons. The van der Waals surface area contributed by atoms with Crippen LogP contribution in [0.2, 0.25) is 0 Å². The van der Waals surface area contributed by atoms with Gasteiger partial charge in [0.05, 0.1) is 6.04 Å². The summed E-state index contributed by atoms with van der Waals surface area (Å²) in [5.74, 6) is 0.810. The van der Waals surface area contributed by atoms with Crippen LogP contribution in [0.3, 0.4) is 0 Å². The van der Waals surface area contributed by atoms with E-state index in [2.05, 4.69) is 12.2 Å². The molecule has 0 saturated carbocycles. The fourth-order valence-electron chi connectivity index (χ4n) is 1.94. The van der Waals surface area contributed by atoms with Crippen molar-refractivity contribution in [3.63, 3.8) is 0 Å². The molecule has 3 N–H and O–H groups in total. The van der Waals surface area contributed by atoms with Crippen LogP contribution in [0.15, 0.2) is 24.3 Å². The molecule has 0 aliphatic rings. The second-order valence-corrected chi connectivity index (χ2v) is 5.35. The van der Waals surface area contributed by atoms with E-state index >= 15 is 0 Å². The van der Waals surface area contributed by atoms with Crippen molar-refractivity contribution in [3.05, 3.63) is 29.8 Å². The predicted molar refractivity (Wildman–Crippen MR) is 81.8 cm³/mol. The van der Waals surface area contributed by atoms with Crippen molar-refractivity contribution in [1.82, 2.24) is 5.32 Å². The average molecular weight is 278 g/mol. The molecule has 0 fully saturated rings. The van der Waals surface area contributed by atoms with Crippen LogP contribution >= 0.6 is 0 Å². The van der Waals surface area contributed by atoms with Crippen LogP contribution in [0, 0.1) is 6.92 Å². The van der Waals surface area contributed by atoms with Gasteiger partial charge in [0.2, 0.25) is 5.91 Å². The van der Waals surface area contributed by atoms with Gasteiger partial charge in [0, 0.05) is 12.5 Å². The number of carbonyl (C=O) groups excluding carboxylic acids is 1. The summed E-state index contributed by atoms with van der Waals surface area (Å²) in [4.78, 5) is 11.7. The topological polar surface area (TPSA) is 64.4 Å². The van der Waals surface area contributed by atoms with E-state index in [1.165, 1.54) is 5.56 Å². The lowest BCUT2D eigenvalue weighted by molar-refractivity contribution is -0.122. The highest BCUT2D eigenvalue weighted by Gasteiger charge is 2.11. The Balaban J connectivity index is 2.27. The number of carbonyl (C=O) groups is 1. The zero-order valence-corrected chi connectivity index (χ0v) is 12.7. The van der Waals surface area contributed by atoms with Crippen molar-refractivity contribution in [2.24, 2.45) is 5.73 Å². The third-order valence-electron chi connectivity index (χ3n) is 3.04. The summed E-state index contributed by atoms with van der Waals surface area (Å²) in [6, 6.07) is 7.79. The lowest BCUT2D eigenvalue weighted by atomic mass is 10.1. The summed E-state index contributed by atoms with van der Waals surface area (Å²) < 4.78 is 5.63. The van der Waals surface area contributed by atoms with Crippen LogP contribution in [0.25, 0.3) is 0 Å². The van der Waals surface area contributed by atoms with Gasteiger partial charge < -0.3 is 15.8 Å². The minimum Gasteiger partial charge on any atom is -0.491 e. The number of benzene rings is 1. The highest BCUT2D eigenvalue weighted by atomic mass is 16.5. The number of nitrogens with two attached hydrogens (primary N) is 1. The molecule has 0 radical (unpaired) electrons. The summed E-state index contributed by atoms with van der Waals surface area (Å²) >= 11 is 0. The Morgan fingerprint density at radius 2 is 2.00 bits per heavy atom. The molecule has 0 bridgehead atoms. The molecule has 2 unspecified atom stereocenters. The fraction of sp³-hybridized carbons (Fsp3) is 0.562. The fourth-order valence-corrected chi connectivity index (χ4v) is 1.94. The standard InChI is InChI=1S/C16H26N2O2/c1-4-5-14(17)10-16(19)18-13(3)11-20-15-8-6-12(2)7-9-15/h6-9,13-14H,4-5,10-11,17H2,1-3H3,(H,18,19). The molecule has 1 amide bonds. The SMILES string of the molecule is CCCC(N)CC(=O)NC(C)COc1ccc(C)cc1. The number of hydrogen-bond donors (Lipinski definition) is 2. The molecule has 4 heteroatoms. The molecule has 1 aromatic carbocycles. The number of amides is 1. The lowest BCUT2D eigenvalue weighted by Gasteiger charge is -2.17. The van der Waals surface area contributed by atoms with Gasteiger partial charge in [-0.1, -0.05) is 31.0 Å². The van der Waals surface area contributed by atoms with Gasteiger partial charge >= 0.3 is 0 Å². The first kappa shape index (κ1) is 16.5. The third-order valence-corrected chi connectivity index (χ3v) is 3.04. The minimum atomic E-state index is -0.0507. The highest BCUT2D eigenvalue weighted by molar-refractivity contribution is 5.76. The summed E-state index contributed by atoms with van der Waals surface area (Å²) in [5, 5.41) is 2.91. The molecule has 0 saturated heterocycles. The number of nitrogens with one attached hydrogen (secondary N) is 1. The van der Waals surface area contributed by atoms with E-state index in [0.29, 0.717) is 13.0 Å². The Morgan fingerprint density at radius 1 is 1.35 bits per heavy atom. The van der Waals surface area contributed by atoms with E-state index in [9.17, 15) is 4.79 Å². The Bertz CT molecular complexity index is 403. The molecule has 20 heavy (non-hydrogen) atoms. The van der Waals surface area contributed by atoms with Crippen molar-refractivity contribution in [2.45, 2.75) is 52.1 Å². The van der Waals surface area contributed by atoms with Crippen molar-refractivity contribution in [1.29, 1.82) is 0 Å². The molecule has 2 atom stereocenters. The molecule has 1 rings (SSSR count). The van der Waals surface area contributed by atoms with E-state index in [0.717, 1.165) is 18.6 Å². The zero-order chi connectivity index (χ0) is 15.0. The number of hydrogen-bond acceptors (Lipinski definition) is 3. The predicted octanol–water partition coefficient (Wildman–Crippen LogP) is 2.40. The van der Waals surface area contributed by atoms with Crippen LogP contribution in [-0.4, -0.2) is 24.6 Å². The van der Waals surface area contributed by atoms with E-state index in [1.54, 1.807) is 0 Å². The van der Waals surface area contributed by atoms with Gasteiger partial charge in [0.1, 0.15) is 12.4 Å². The largest absolute Gasteiger partial charge is 0.491 e. The Kier molecular flexibility index (Phi) is 7.09. The van der Waals surface area contributed by atoms with E-state index in [4.69, 9.17) is 10.5 Å². The zero-order valence-electron chi connectivity index (χ0n) is 12.7. The van der Waals surface area contributed by atoms with Gasteiger partial charge in [-0.05, 0) is 32.4 Å². The summed E-state index contributed by atoms with van der Waals surface area (Å²) in [6.07, 6.45) is 2.25. The second-order valence-electron chi connectivity index (χ2n) is 5.35. The van der Waals surface area contributed by atoms with Crippen molar-refractivity contribution >= 4 is 5.91 Å². The molecular weight excluding hydrogens is 252 g/mol.